The summed E-state index contributed by atoms with van der Waals surface area (Å²) in [5.41, 5.74) is 2.49. The van der Waals surface area contributed by atoms with Crippen molar-refractivity contribution in [1.82, 2.24) is 0 Å². The standard InChI is InChI=1S/C35H58O2.2H2/c1-8-10-11-12-33(36)37-28-19-21-34(6)27(23-28)15-16-29-31-18-17-30(35(31,7)22-20-32(29)34)25(5)13-14-26(9-2)24(3)4;;/h8,15,24-26,28-32H,1,9-14,16-23H2,2-7H3;2*1H/t25-,26-,28+,29+,30-,31?,32?,34+,35-;;/m1../s1. The molecular formula is C35H62O2. The van der Waals surface area contributed by atoms with Gasteiger partial charge in [-0.15, -0.1) is 6.58 Å². The molecule has 0 aliphatic heterocycles. The maximum absolute atomic E-state index is 12.4. The number of hydrogen-bond acceptors (Lipinski definition) is 2. The van der Waals surface area contributed by atoms with Gasteiger partial charge in [-0.1, -0.05) is 72.1 Å². The van der Waals surface area contributed by atoms with Gasteiger partial charge >= 0.3 is 5.97 Å². The van der Waals surface area contributed by atoms with E-state index in [0.717, 1.165) is 67.1 Å². The first-order valence-electron chi connectivity index (χ1n) is 16.1. The molecular weight excluding hydrogens is 452 g/mol. The van der Waals surface area contributed by atoms with Crippen LogP contribution in [0, 0.1) is 52.3 Å². The molecule has 0 aromatic carbocycles. The van der Waals surface area contributed by atoms with Gasteiger partial charge in [0.15, 0.2) is 0 Å². The molecule has 2 nitrogen and oxygen atoms in total. The Morgan fingerprint density at radius 3 is 2.62 bits per heavy atom. The lowest BCUT2D eigenvalue weighted by molar-refractivity contribution is -0.151. The summed E-state index contributed by atoms with van der Waals surface area (Å²) in [5.74, 6) is 6.07. The molecule has 4 aliphatic carbocycles. The number of carbonyl (C=O) groups is 1. The number of esters is 1. The minimum absolute atomic E-state index is 0. The van der Waals surface area contributed by atoms with E-state index >= 15 is 0 Å². The number of carbonyl (C=O) groups excluding carboxylic acids is 1. The molecule has 2 heteroatoms. The molecule has 0 bridgehead atoms. The Hall–Kier alpha value is -1.05. The zero-order valence-corrected chi connectivity index (χ0v) is 25.2. The molecule has 0 aromatic rings. The first-order valence-corrected chi connectivity index (χ1v) is 16.1. The summed E-state index contributed by atoms with van der Waals surface area (Å²) in [7, 11) is 0. The summed E-state index contributed by atoms with van der Waals surface area (Å²) in [5, 5.41) is 0. The van der Waals surface area contributed by atoms with E-state index in [9.17, 15) is 4.79 Å². The Labute approximate surface area is 232 Å². The third kappa shape index (κ3) is 5.79. The Morgan fingerprint density at radius 1 is 1.14 bits per heavy atom. The van der Waals surface area contributed by atoms with Crippen LogP contribution in [0.5, 0.6) is 0 Å². The first-order chi connectivity index (χ1) is 17.6. The summed E-state index contributed by atoms with van der Waals surface area (Å²) in [6.07, 6.45) is 21.3. The van der Waals surface area contributed by atoms with Crippen molar-refractivity contribution in [2.24, 2.45) is 52.3 Å². The average Bonchev–Trinajstić information content (AvgIpc) is 3.22. The second-order valence-corrected chi connectivity index (χ2v) is 14.5. The van der Waals surface area contributed by atoms with Crippen LogP contribution in [0.4, 0.5) is 0 Å². The topological polar surface area (TPSA) is 26.3 Å². The van der Waals surface area contributed by atoms with Crippen molar-refractivity contribution >= 4 is 5.97 Å². The van der Waals surface area contributed by atoms with Crippen molar-refractivity contribution in [3.8, 4) is 0 Å². The predicted molar refractivity (Wildman–Crippen MR) is 160 cm³/mol. The smallest absolute Gasteiger partial charge is 0.306 e. The lowest BCUT2D eigenvalue weighted by Crippen LogP contribution is -2.51. The fourth-order valence-corrected chi connectivity index (χ4v) is 10.0. The van der Waals surface area contributed by atoms with E-state index in [-0.39, 0.29) is 14.9 Å². The average molecular weight is 515 g/mol. The van der Waals surface area contributed by atoms with Crippen LogP contribution >= 0.6 is 0 Å². The molecule has 214 valence electrons. The molecule has 0 radical (unpaired) electrons. The maximum atomic E-state index is 12.4. The Balaban J connectivity index is 0.00000267. The molecule has 4 rings (SSSR count). The van der Waals surface area contributed by atoms with Gasteiger partial charge in [-0.25, -0.2) is 0 Å². The molecule has 3 fully saturated rings. The van der Waals surface area contributed by atoms with Gasteiger partial charge in [0.05, 0.1) is 0 Å². The molecule has 2 unspecified atom stereocenters. The van der Waals surface area contributed by atoms with Gasteiger partial charge in [-0.2, -0.15) is 0 Å². The fourth-order valence-electron chi connectivity index (χ4n) is 10.0. The van der Waals surface area contributed by atoms with E-state index < -0.39 is 0 Å². The molecule has 0 saturated heterocycles. The molecule has 9 atom stereocenters. The lowest BCUT2D eigenvalue weighted by Gasteiger charge is -2.58. The normalized spacial score (nSPS) is 38.7. The molecule has 0 N–H and O–H groups in total. The highest BCUT2D eigenvalue weighted by Crippen LogP contribution is 2.67. The monoisotopic (exact) mass is 514 g/mol. The highest BCUT2D eigenvalue weighted by molar-refractivity contribution is 5.69. The van der Waals surface area contributed by atoms with Gasteiger partial charge in [0, 0.05) is 15.7 Å². The van der Waals surface area contributed by atoms with Crippen LogP contribution in [0.1, 0.15) is 134 Å². The summed E-state index contributed by atoms with van der Waals surface area (Å²) in [4.78, 5) is 12.4. The molecule has 0 heterocycles. The summed E-state index contributed by atoms with van der Waals surface area (Å²) < 4.78 is 5.94. The molecule has 0 spiro atoms. The molecule has 3 saturated carbocycles. The number of allylic oxidation sites excluding steroid dienone is 2. The van der Waals surface area contributed by atoms with Gasteiger partial charge in [0.1, 0.15) is 6.10 Å². The van der Waals surface area contributed by atoms with Crippen LogP contribution in [0.15, 0.2) is 24.3 Å². The van der Waals surface area contributed by atoms with Crippen LogP contribution in [0.2, 0.25) is 0 Å². The lowest BCUT2D eigenvalue weighted by atomic mass is 9.47. The Morgan fingerprint density at radius 2 is 1.92 bits per heavy atom. The van der Waals surface area contributed by atoms with Crippen LogP contribution in [-0.4, -0.2) is 12.1 Å². The number of fused-ring (bicyclic) bond motifs is 5. The minimum atomic E-state index is -0.0112. The van der Waals surface area contributed by atoms with E-state index in [1.165, 1.54) is 57.8 Å². The molecule has 0 aromatic heterocycles. The molecule has 0 amide bonds. The predicted octanol–water partition coefficient (Wildman–Crippen LogP) is 10.4. The van der Waals surface area contributed by atoms with Crippen molar-refractivity contribution in [1.29, 1.82) is 0 Å². The summed E-state index contributed by atoms with van der Waals surface area (Å²) in [6, 6.07) is 0. The van der Waals surface area contributed by atoms with Crippen LogP contribution in [0.25, 0.3) is 0 Å². The first kappa shape index (κ1) is 28.9. The second kappa shape index (κ2) is 12.0. The van der Waals surface area contributed by atoms with Crippen molar-refractivity contribution in [2.75, 3.05) is 0 Å². The quantitative estimate of drug-likeness (QED) is 0.156. The highest BCUT2D eigenvalue weighted by atomic mass is 16.5. The molecule has 37 heavy (non-hydrogen) atoms. The van der Waals surface area contributed by atoms with E-state index in [0.29, 0.717) is 17.3 Å². The van der Waals surface area contributed by atoms with Crippen LogP contribution in [-0.2, 0) is 9.53 Å². The SMILES string of the molecule is C=CCCCC(=O)O[C@H]1CC[C@@]2(C)C(=CC[C@@H]3C2CC[C@@]2(C)C3CC[C@@H]2[C@H](C)CC[C@@H](CC)C(C)C)C1.[HH].[HH]. The zero-order chi connectivity index (χ0) is 26.8. The maximum Gasteiger partial charge on any atom is 0.306 e. The fraction of sp³-hybridized carbons (Fsp3) is 0.857. The van der Waals surface area contributed by atoms with E-state index in [4.69, 9.17) is 4.74 Å². The number of unbranched alkanes of at least 4 members (excludes halogenated alkanes) is 1. The Bertz CT molecular complexity index is 837. The van der Waals surface area contributed by atoms with Crippen molar-refractivity contribution in [3.05, 3.63) is 24.3 Å². The van der Waals surface area contributed by atoms with E-state index in [1.54, 1.807) is 5.57 Å². The summed E-state index contributed by atoms with van der Waals surface area (Å²) in [6.45, 7) is 18.9. The van der Waals surface area contributed by atoms with Crippen molar-refractivity contribution in [3.63, 3.8) is 0 Å². The summed E-state index contributed by atoms with van der Waals surface area (Å²) >= 11 is 0. The third-order valence-electron chi connectivity index (χ3n) is 12.4. The van der Waals surface area contributed by atoms with Gasteiger partial charge in [0.2, 0.25) is 0 Å². The van der Waals surface area contributed by atoms with Gasteiger partial charge in [-0.3, -0.25) is 4.79 Å². The van der Waals surface area contributed by atoms with Crippen LogP contribution in [0.3, 0.4) is 0 Å². The Kier molecular flexibility index (Phi) is 9.38. The third-order valence-corrected chi connectivity index (χ3v) is 12.4. The van der Waals surface area contributed by atoms with Crippen LogP contribution < -0.4 is 0 Å². The van der Waals surface area contributed by atoms with E-state index in [2.05, 4.69) is 54.2 Å². The minimum Gasteiger partial charge on any atom is -0.462 e. The van der Waals surface area contributed by atoms with E-state index in [1.807, 2.05) is 6.08 Å². The van der Waals surface area contributed by atoms with Gasteiger partial charge in [-0.05, 0) is 116 Å². The molecule has 4 aliphatic rings. The number of ether oxygens (including phenoxy) is 1. The highest BCUT2D eigenvalue weighted by Gasteiger charge is 2.59. The number of rotatable bonds is 11. The van der Waals surface area contributed by atoms with Crippen molar-refractivity contribution < 1.29 is 12.4 Å². The largest absolute Gasteiger partial charge is 0.462 e. The van der Waals surface area contributed by atoms with Gasteiger partial charge < -0.3 is 4.74 Å². The second-order valence-electron chi connectivity index (χ2n) is 14.5. The van der Waals surface area contributed by atoms with Gasteiger partial charge in [0.25, 0.3) is 0 Å². The van der Waals surface area contributed by atoms with Crippen molar-refractivity contribution in [2.45, 2.75) is 138 Å². The number of hydrogen-bond donors (Lipinski definition) is 0. The zero-order valence-electron chi connectivity index (χ0n) is 25.2.